The van der Waals surface area contributed by atoms with Crippen molar-refractivity contribution in [2.75, 3.05) is 4.90 Å². The monoisotopic (exact) mass is 502 g/mol. The summed E-state index contributed by atoms with van der Waals surface area (Å²) in [5.74, 6) is 0. The minimum atomic E-state index is -0.0583. The molecule has 2 atom stereocenters. The molecule has 1 fully saturated rings. The summed E-state index contributed by atoms with van der Waals surface area (Å²) in [6.45, 7) is 4.33. The Hall–Kier alpha value is -2.96. The van der Waals surface area contributed by atoms with Crippen LogP contribution in [0.4, 0.5) is 5.69 Å². The molecule has 1 aliphatic heterocycles. The highest BCUT2D eigenvalue weighted by Gasteiger charge is 2.42. The lowest BCUT2D eigenvalue weighted by atomic mass is 9.96. The zero-order valence-corrected chi connectivity index (χ0v) is 20.3. The van der Waals surface area contributed by atoms with Crippen molar-refractivity contribution in [1.82, 2.24) is 14.9 Å². The van der Waals surface area contributed by atoms with Gasteiger partial charge in [-0.05, 0) is 90.0 Å². The van der Waals surface area contributed by atoms with Crippen LogP contribution in [0.2, 0.25) is 0 Å². The lowest BCUT2D eigenvalue weighted by Gasteiger charge is -2.28. The predicted octanol–water partition coefficient (Wildman–Crippen LogP) is 6.43. The summed E-state index contributed by atoms with van der Waals surface area (Å²) in [6, 6.07) is 26.9. The van der Waals surface area contributed by atoms with Gasteiger partial charge in [-0.15, -0.1) is 0 Å². The van der Waals surface area contributed by atoms with Gasteiger partial charge in [0.2, 0.25) is 0 Å². The molecule has 0 bridgehead atoms. The summed E-state index contributed by atoms with van der Waals surface area (Å²) in [6.07, 6.45) is 1.84. The summed E-state index contributed by atoms with van der Waals surface area (Å²) in [5.41, 5.74) is 6.76. The number of para-hydroxylation sites is 2. The minimum absolute atomic E-state index is 0.0257. The number of nitrogens with one attached hydrogen (secondary N) is 1. The van der Waals surface area contributed by atoms with E-state index in [-0.39, 0.29) is 12.1 Å². The second-order valence-corrected chi connectivity index (χ2v) is 9.19. The Bertz CT molecular complexity index is 1270. The smallest absolute Gasteiger partial charge is 0.174 e. The van der Waals surface area contributed by atoms with E-state index in [0.29, 0.717) is 5.11 Å². The highest BCUT2D eigenvalue weighted by atomic mass is 79.9. The van der Waals surface area contributed by atoms with Crippen molar-refractivity contribution in [2.45, 2.75) is 25.9 Å². The van der Waals surface area contributed by atoms with Gasteiger partial charge in [-0.2, -0.15) is 0 Å². The zero-order valence-electron chi connectivity index (χ0n) is 17.9. The number of hydrogen-bond acceptors (Lipinski definition) is 2. The lowest BCUT2D eigenvalue weighted by molar-refractivity contribution is 0.565. The first-order chi connectivity index (χ1) is 15.6. The quantitative estimate of drug-likeness (QED) is 0.326. The summed E-state index contributed by atoms with van der Waals surface area (Å²) in [5, 5.41) is 4.26. The molecule has 32 heavy (non-hydrogen) atoms. The summed E-state index contributed by atoms with van der Waals surface area (Å²) in [4.78, 5) is 6.89. The van der Waals surface area contributed by atoms with Crippen LogP contribution < -0.4 is 10.2 Å². The van der Waals surface area contributed by atoms with Crippen molar-refractivity contribution in [1.29, 1.82) is 0 Å². The van der Waals surface area contributed by atoms with Crippen LogP contribution in [0.5, 0.6) is 0 Å². The average molecular weight is 503 g/mol. The van der Waals surface area contributed by atoms with Gasteiger partial charge in [-0.3, -0.25) is 4.98 Å². The van der Waals surface area contributed by atoms with Crippen LogP contribution in [0.1, 0.15) is 34.7 Å². The van der Waals surface area contributed by atoms with E-state index in [9.17, 15) is 0 Å². The minimum Gasteiger partial charge on any atom is -0.351 e. The standard InChI is InChI=1S/C26H23BrN4S/c1-17-16-20(18(2)30(17)23-14-7-6-12-21(23)27)25-24(22-13-8-9-15-28-22)29-26(32)31(25)19-10-4-3-5-11-19/h3-16,24-25H,1-2H3,(H,29,32)/t24-,25-/m1/s1. The number of aromatic nitrogens is 2. The van der Waals surface area contributed by atoms with E-state index in [2.05, 4.69) is 92.0 Å². The second-order valence-electron chi connectivity index (χ2n) is 7.95. The Labute approximate surface area is 202 Å². The Morgan fingerprint density at radius 3 is 2.38 bits per heavy atom. The number of nitrogens with zero attached hydrogens (tertiary/aromatic N) is 3. The number of benzene rings is 2. The van der Waals surface area contributed by atoms with Crippen molar-refractivity contribution >= 4 is 38.9 Å². The SMILES string of the molecule is Cc1cc([C@@H]2[C@@H](c3ccccn3)NC(=S)N2c2ccccc2)c(C)n1-c1ccccc1Br. The first-order valence-electron chi connectivity index (χ1n) is 10.6. The van der Waals surface area contributed by atoms with Gasteiger partial charge in [-0.25, -0.2) is 0 Å². The maximum atomic E-state index is 5.85. The number of aryl methyl sites for hydroxylation is 1. The first-order valence-corrected chi connectivity index (χ1v) is 11.8. The number of halogens is 1. The van der Waals surface area contributed by atoms with Crippen LogP contribution in [0.25, 0.3) is 5.69 Å². The molecule has 4 nitrogen and oxygen atoms in total. The van der Waals surface area contributed by atoms with Crippen LogP contribution in [-0.2, 0) is 0 Å². The molecule has 0 saturated carbocycles. The fourth-order valence-electron chi connectivity index (χ4n) is 4.63. The molecule has 2 aromatic heterocycles. The second kappa shape index (κ2) is 8.52. The molecule has 160 valence electrons. The van der Waals surface area contributed by atoms with Crippen LogP contribution in [0.15, 0.2) is 89.5 Å². The summed E-state index contributed by atoms with van der Waals surface area (Å²) >= 11 is 9.57. The van der Waals surface area contributed by atoms with Crippen molar-refractivity contribution in [3.63, 3.8) is 0 Å². The molecule has 6 heteroatoms. The van der Waals surface area contributed by atoms with Gasteiger partial charge in [0.25, 0.3) is 0 Å². The molecular formula is C26H23BrN4S. The van der Waals surface area contributed by atoms with E-state index in [1.165, 1.54) is 17.0 Å². The van der Waals surface area contributed by atoms with Crippen LogP contribution in [0, 0.1) is 13.8 Å². The summed E-state index contributed by atoms with van der Waals surface area (Å²) in [7, 11) is 0. The summed E-state index contributed by atoms with van der Waals surface area (Å²) < 4.78 is 3.37. The van der Waals surface area contributed by atoms with Crippen LogP contribution in [-0.4, -0.2) is 14.7 Å². The molecule has 4 aromatic rings. The Balaban J connectivity index is 1.70. The maximum Gasteiger partial charge on any atom is 0.174 e. The third kappa shape index (κ3) is 3.53. The van der Waals surface area contributed by atoms with Gasteiger partial charge in [0, 0.05) is 27.7 Å². The van der Waals surface area contributed by atoms with E-state index < -0.39 is 0 Å². The lowest BCUT2D eigenvalue weighted by Crippen LogP contribution is -2.29. The van der Waals surface area contributed by atoms with E-state index in [1.54, 1.807) is 0 Å². The van der Waals surface area contributed by atoms with Gasteiger partial charge in [0.1, 0.15) is 0 Å². The topological polar surface area (TPSA) is 33.1 Å². The zero-order chi connectivity index (χ0) is 22.2. The Morgan fingerprint density at radius 2 is 1.66 bits per heavy atom. The van der Waals surface area contributed by atoms with Gasteiger partial charge in [-0.1, -0.05) is 36.4 Å². The highest BCUT2D eigenvalue weighted by Crippen LogP contribution is 2.43. The molecular weight excluding hydrogens is 480 g/mol. The molecule has 0 unspecified atom stereocenters. The molecule has 0 aliphatic carbocycles. The van der Waals surface area contributed by atoms with Gasteiger partial charge in [0.05, 0.1) is 23.5 Å². The average Bonchev–Trinajstić information content (AvgIpc) is 3.31. The van der Waals surface area contributed by atoms with E-state index in [4.69, 9.17) is 12.2 Å². The van der Waals surface area contributed by atoms with Gasteiger partial charge < -0.3 is 14.8 Å². The molecule has 5 rings (SSSR count). The number of anilines is 1. The van der Waals surface area contributed by atoms with Crippen molar-refractivity contribution in [2.24, 2.45) is 0 Å². The number of thiocarbonyl (C=S) groups is 1. The fourth-order valence-corrected chi connectivity index (χ4v) is 5.44. The molecule has 3 heterocycles. The fraction of sp³-hybridized carbons (Fsp3) is 0.154. The molecule has 1 saturated heterocycles. The number of hydrogen-bond donors (Lipinski definition) is 1. The van der Waals surface area contributed by atoms with Crippen molar-refractivity contribution in [3.05, 3.63) is 112 Å². The van der Waals surface area contributed by atoms with Crippen LogP contribution >= 0.6 is 28.1 Å². The first kappa shape index (κ1) is 20.9. The van der Waals surface area contributed by atoms with Crippen LogP contribution in [0.3, 0.4) is 0 Å². The molecule has 2 aromatic carbocycles. The number of pyridine rings is 1. The Kier molecular flexibility index (Phi) is 5.57. The molecule has 0 radical (unpaired) electrons. The van der Waals surface area contributed by atoms with Gasteiger partial charge >= 0.3 is 0 Å². The Morgan fingerprint density at radius 1 is 0.938 bits per heavy atom. The molecule has 0 amide bonds. The van der Waals surface area contributed by atoms with Crippen molar-refractivity contribution < 1.29 is 0 Å². The highest BCUT2D eigenvalue weighted by molar-refractivity contribution is 9.10. The molecule has 1 aliphatic rings. The third-order valence-electron chi connectivity index (χ3n) is 6.01. The molecule has 1 N–H and O–H groups in total. The predicted molar refractivity (Wildman–Crippen MR) is 137 cm³/mol. The van der Waals surface area contributed by atoms with E-state index in [1.807, 2.05) is 42.6 Å². The van der Waals surface area contributed by atoms with Crippen molar-refractivity contribution in [3.8, 4) is 5.69 Å². The number of rotatable bonds is 4. The normalized spacial score (nSPS) is 18.1. The molecule has 0 spiro atoms. The van der Waals surface area contributed by atoms with E-state index >= 15 is 0 Å². The maximum absolute atomic E-state index is 5.85. The third-order valence-corrected chi connectivity index (χ3v) is 7.00. The van der Waals surface area contributed by atoms with E-state index in [0.717, 1.165) is 21.5 Å². The van der Waals surface area contributed by atoms with Gasteiger partial charge in [0.15, 0.2) is 5.11 Å². The largest absolute Gasteiger partial charge is 0.351 e.